The lowest BCUT2D eigenvalue weighted by atomic mass is 10.1. The van der Waals surface area contributed by atoms with E-state index in [1.165, 1.54) is 11.3 Å². The average molecular weight is 374 g/mol. The van der Waals surface area contributed by atoms with Crippen LogP contribution >= 0.6 is 11.3 Å². The Morgan fingerprint density at radius 1 is 1.12 bits per heavy atom. The number of rotatable bonds is 8. The van der Waals surface area contributed by atoms with Gasteiger partial charge in [-0.15, -0.1) is 0 Å². The van der Waals surface area contributed by atoms with Crippen molar-refractivity contribution in [2.75, 3.05) is 18.5 Å². The molecule has 0 atom stereocenters. The Labute approximate surface area is 156 Å². The average Bonchev–Trinajstić information content (AvgIpc) is 3.15. The van der Waals surface area contributed by atoms with E-state index in [-0.39, 0.29) is 24.8 Å². The van der Waals surface area contributed by atoms with E-state index in [1.54, 1.807) is 11.4 Å². The number of ether oxygens (including phenoxy) is 1. The first-order valence-corrected chi connectivity index (χ1v) is 9.23. The lowest BCUT2D eigenvalue weighted by Gasteiger charge is -2.11. The molecule has 2 rings (SSSR count). The van der Waals surface area contributed by atoms with Crippen molar-refractivity contribution < 1.29 is 19.1 Å². The number of carbonyl (C=O) groups excluding carboxylic acids is 3. The number of thiophene rings is 1. The highest BCUT2D eigenvalue weighted by Crippen LogP contribution is 2.19. The second-order valence-corrected chi connectivity index (χ2v) is 6.63. The molecule has 1 aromatic heterocycles. The normalized spacial score (nSPS) is 10.2. The minimum atomic E-state index is -0.466. The second kappa shape index (κ2) is 9.72. The molecule has 0 saturated carbocycles. The van der Waals surface area contributed by atoms with Gasteiger partial charge in [-0.3, -0.25) is 14.4 Å². The number of carbonyl (C=O) groups is 3. The van der Waals surface area contributed by atoms with Crippen molar-refractivity contribution in [2.45, 2.75) is 26.7 Å². The summed E-state index contributed by atoms with van der Waals surface area (Å²) in [4.78, 5) is 35.3. The van der Waals surface area contributed by atoms with Crippen molar-refractivity contribution in [3.63, 3.8) is 0 Å². The predicted molar refractivity (Wildman–Crippen MR) is 101 cm³/mol. The SMILES string of the molecule is Cc1cccc(C)c1NC(=O)COC(=O)CCCNC(=O)c1ccsc1. The van der Waals surface area contributed by atoms with Crippen LogP contribution in [0.5, 0.6) is 0 Å². The molecule has 0 unspecified atom stereocenters. The number of amides is 2. The van der Waals surface area contributed by atoms with Crippen LogP contribution in [0.1, 0.15) is 34.3 Å². The third-order valence-electron chi connectivity index (χ3n) is 3.74. The van der Waals surface area contributed by atoms with E-state index in [4.69, 9.17) is 4.74 Å². The molecule has 26 heavy (non-hydrogen) atoms. The molecule has 0 saturated heterocycles. The van der Waals surface area contributed by atoms with Crippen LogP contribution in [0.25, 0.3) is 0 Å². The molecule has 7 heteroatoms. The monoisotopic (exact) mass is 374 g/mol. The zero-order valence-electron chi connectivity index (χ0n) is 14.8. The first-order chi connectivity index (χ1) is 12.5. The fourth-order valence-electron chi connectivity index (χ4n) is 2.34. The third kappa shape index (κ3) is 6.00. The predicted octanol–water partition coefficient (Wildman–Crippen LogP) is 3.06. The van der Waals surface area contributed by atoms with Gasteiger partial charge >= 0.3 is 5.97 Å². The smallest absolute Gasteiger partial charge is 0.306 e. The van der Waals surface area contributed by atoms with Crippen molar-refractivity contribution >= 4 is 34.8 Å². The fraction of sp³-hybridized carbons (Fsp3) is 0.316. The van der Waals surface area contributed by atoms with E-state index in [0.29, 0.717) is 18.5 Å². The summed E-state index contributed by atoms with van der Waals surface area (Å²) >= 11 is 1.45. The Balaban J connectivity index is 1.64. The minimum absolute atomic E-state index is 0.139. The Morgan fingerprint density at radius 2 is 1.85 bits per heavy atom. The number of hydrogen-bond donors (Lipinski definition) is 2. The molecule has 6 nitrogen and oxygen atoms in total. The van der Waals surface area contributed by atoms with Crippen molar-refractivity contribution in [3.8, 4) is 0 Å². The summed E-state index contributed by atoms with van der Waals surface area (Å²) in [5.74, 6) is -0.999. The van der Waals surface area contributed by atoms with Crippen molar-refractivity contribution in [2.24, 2.45) is 0 Å². The highest BCUT2D eigenvalue weighted by atomic mass is 32.1. The molecular formula is C19H22N2O4S. The van der Waals surface area contributed by atoms with E-state index in [0.717, 1.165) is 16.8 Å². The molecule has 0 bridgehead atoms. The van der Waals surface area contributed by atoms with Gasteiger partial charge in [0.2, 0.25) is 0 Å². The second-order valence-electron chi connectivity index (χ2n) is 5.85. The molecule has 138 valence electrons. The standard InChI is InChI=1S/C19H22N2O4S/c1-13-5-3-6-14(2)18(13)21-16(22)11-25-17(23)7-4-9-20-19(24)15-8-10-26-12-15/h3,5-6,8,10,12H,4,7,9,11H2,1-2H3,(H,20,24)(H,21,22). The van der Waals surface area contributed by atoms with Crippen LogP contribution in [0.4, 0.5) is 5.69 Å². The van der Waals surface area contributed by atoms with E-state index >= 15 is 0 Å². The van der Waals surface area contributed by atoms with Gasteiger partial charge < -0.3 is 15.4 Å². The van der Waals surface area contributed by atoms with E-state index in [9.17, 15) is 14.4 Å². The number of hydrogen-bond acceptors (Lipinski definition) is 5. The van der Waals surface area contributed by atoms with Gasteiger partial charge in [-0.1, -0.05) is 18.2 Å². The van der Waals surface area contributed by atoms with Crippen LogP contribution in [-0.4, -0.2) is 30.9 Å². The number of nitrogens with one attached hydrogen (secondary N) is 2. The molecular weight excluding hydrogens is 352 g/mol. The molecule has 0 spiro atoms. The summed E-state index contributed by atoms with van der Waals surface area (Å²) in [5.41, 5.74) is 3.25. The summed E-state index contributed by atoms with van der Waals surface area (Å²) in [7, 11) is 0. The van der Waals surface area contributed by atoms with Crippen LogP contribution in [0.3, 0.4) is 0 Å². The Hall–Kier alpha value is -2.67. The maximum Gasteiger partial charge on any atom is 0.306 e. The molecule has 0 aliphatic rings. The molecule has 0 aliphatic carbocycles. The van der Waals surface area contributed by atoms with Gasteiger partial charge in [-0.25, -0.2) is 0 Å². The third-order valence-corrected chi connectivity index (χ3v) is 4.42. The summed E-state index contributed by atoms with van der Waals surface area (Å²) in [5, 5.41) is 9.08. The minimum Gasteiger partial charge on any atom is -0.456 e. The van der Waals surface area contributed by atoms with Crippen LogP contribution in [0, 0.1) is 13.8 Å². The summed E-state index contributed by atoms with van der Waals surface area (Å²) < 4.78 is 4.97. The molecule has 1 aromatic carbocycles. The van der Waals surface area contributed by atoms with Gasteiger partial charge in [0.05, 0.1) is 0 Å². The Kier molecular flexibility index (Phi) is 7.35. The van der Waals surface area contributed by atoms with E-state index < -0.39 is 5.97 Å². The molecule has 1 heterocycles. The van der Waals surface area contributed by atoms with Crippen LogP contribution < -0.4 is 10.6 Å². The Morgan fingerprint density at radius 3 is 2.50 bits per heavy atom. The summed E-state index contributed by atoms with van der Waals surface area (Å²) in [6, 6.07) is 7.46. The van der Waals surface area contributed by atoms with Crippen molar-refractivity contribution in [1.82, 2.24) is 5.32 Å². The van der Waals surface area contributed by atoms with Crippen molar-refractivity contribution in [1.29, 1.82) is 0 Å². The zero-order valence-corrected chi connectivity index (χ0v) is 15.7. The first-order valence-electron chi connectivity index (χ1n) is 8.29. The maximum absolute atomic E-state index is 11.9. The zero-order chi connectivity index (χ0) is 18.9. The molecule has 2 amide bonds. The van der Waals surface area contributed by atoms with Gasteiger partial charge in [0.1, 0.15) is 0 Å². The van der Waals surface area contributed by atoms with Gasteiger partial charge in [0.15, 0.2) is 6.61 Å². The van der Waals surface area contributed by atoms with E-state index in [2.05, 4.69) is 10.6 Å². The maximum atomic E-state index is 11.9. The molecule has 0 radical (unpaired) electrons. The number of para-hydroxylation sites is 1. The number of anilines is 1. The summed E-state index contributed by atoms with van der Waals surface area (Å²) in [6.45, 7) is 3.85. The number of esters is 1. The molecule has 2 aromatic rings. The number of aryl methyl sites for hydroxylation is 2. The molecule has 0 fully saturated rings. The van der Waals surface area contributed by atoms with Gasteiger partial charge in [-0.2, -0.15) is 11.3 Å². The number of benzene rings is 1. The fourth-order valence-corrected chi connectivity index (χ4v) is 2.97. The highest BCUT2D eigenvalue weighted by Gasteiger charge is 2.11. The van der Waals surface area contributed by atoms with Crippen LogP contribution in [-0.2, 0) is 14.3 Å². The van der Waals surface area contributed by atoms with Crippen molar-refractivity contribution in [3.05, 3.63) is 51.7 Å². The molecule has 2 N–H and O–H groups in total. The highest BCUT2D eigenvalue weighted by molar-refractivity contribution is 7.08. The lowest BCUT2D eigenvalue weighted by Crippen LogP contribution is -2.25. The first kappa shape index (κ1) is 19.7. The van der Waals surface area contributed by atoms with Gasteiger partial charge in [-0.05, 0) is 42.8 Å². The van der Waals surface area contributed by atoms with Gasteiger partial charge in [0.25, 0.3) is 11.8 Å². The van der Waals surface area contributed by atoms with E-state index in [1.807, 2.05) is 37.4 Å². The topological polar surface area (TPSA) is 84.5 Å². The molecule has 0 aliphatic heterocycles. The summed E-state index contributed by atoms with van der Waals surface area (Å²) in [6.07, 6.45) is 0.591. The van der Waals surface area contributed by atoms with Gasteiger partial charge in [0, 0.05) is 29.6 Å². The lowest BCUT2D eigenvalue weighted by molar-refractivity contribution is -0.147. The van der Waals surface area contributed by atoms with Crippen LogP contribution in [0.2, 0.25) is 0 Å². The van der Waals surface area contributed by atoms with Crippen LogP contribution in [0.15, 0.2) is 35.0 Å². The largest absolute Gasteiger partial charge is 0.456 e. The quantitative estimate of drug-likeness (QED) is 0.549. The Bertz CT molecular complexity index is 752.